The first kappa shape index (κ1) is 11.9. The summed E-state index contributed by atoms with van der Waals surface area (Å²) in [6.07, 6.45) is 3.33. The second-order valence-electron chi connectivity index (χ2n) is 4.72. The number of benzene rings is 1. The summed E-state index contributed by atoms with van der Waals surface area (Å²) < 4.78 is 0. The van der Waals surface area contributed by atoms with Crippen molar-refractivity contribution in [2.45, 2.75) is 25.2 Å². The molecule has 0 heterocycles. The Morgan fingerprint density at radius 1 is 1.44 bits per heavy atom. The molecule has 0 bridgehead atoms. The third-order valence-corrected chi connectivity index (χ3v) is 4.13. The van der Waals surface area contributed by atoms with Crippen molar-refractivity contribution in [3.05, 3.63) is 34.9 Å². The fraction of sp³-hybridized carbons (Fsp3) is 0.538. The minimum Gasteiger partial charge on any atom is -0.396 e. The molecule has 1 atom stereocenters. The van der Waals surface area contributed by atoms with Crippen molar-refractivity contribution in [1.29, 1.82) is 0 Å². The number of aliphatic hydroxyl groups excluding tert-OH is 1. The van der Waals surface area contributed by atoms with Crippen molar-refractivity contribution in [2.24, 2.45) is 11.1 Å². The molecule has 0 spiro atoms. The lowest BCUT2D eigenvalue weighted by atomic mass is 9.60. The molecular formula is C13H18ClNO. The fourth-order valence-electron chi connectivity index (χ4n) is 2.71. The van der Waals surface area contributed by atoms with Crippen LogP contribution < -0.4 is 5.73 Å². The van der Waals surface area contributed by atoms with Crippen LogP contribution in [0.5, 0.6) is 0 Å². The molecule has 0 amide bonds. The Bertz CT molecular complexity index is 357. The molecule has 2 rings (SSSR count). The third kappa shape index (κ3) is 1.97. The molecule has 0 unspecified atom stereocenters. The molecule has 1 aliphatic rings. The van der Waals surface area contributed by atoms with Crippen LogP contribution >= 0.6 is 11.6 Å². The van der Waals surface area contributed by atoms with Crippen molar-refractivity contribution < 1.29 is 5.11 Å². The second kappa shape index (κ2) is 4.74. The van der Waals surface area contributed by atoms with Gasteiger partial charge in [-0.05, 0) is 37.1 Å². The third-order valence-electron chi connectivity index (χ3n) is 3.89. The van der Waals surface area contributed by atoms with E-state index in [-0.39, 0.29) is 17.9 Å². The monoisotopic (exact) mass is 239 g/mol. The first-order valence-corrected chi connectivity index (χ1v) is 6.16. The summed E-state index contributed by atoms with van der Waals surface area (Å²) in [6.45, 7) is 0.794. The smallest absolute Gasteiger partial charge is 0.0493 e. The van der Waals surface area contributed by atoms with E-state index >= 15 is 0 Å². The molecule has 3 N–H and O–H groups in total. The van der Waals surface area contributed by atoms with E-state index in [1.54, 1.807) is 0 Å². The lowest BCUT2D eigenvalue weighted by Crippen LogP contribution is -2.42. The second-order valence-corrected chi connectivity index (χ2v) is 5.15. The van der Waals surface area contributed by atoms with E-state index in [4.69, 9.17) is 17.3 Å². The van der Waals surface area contributed by atoms with Gasteiger partial charge in [0.2, 0.25) is 0 Å². The molecule has 2 nitrogen and oxygen atoms in total. The van der Waals surface area contributed by atoms with E-state index in [2.05, 4.69) is 6.07 Å². The van der Waals surface area contributed by atoms with Gasteiger partial charge >= 0.3 is 0 Å². The highest BCUT2D eigenvalue weighted by Crippen LogP contribution is 2.50. The van der Waals surface area contributed by atoms with Gasteiger partial charge in [-0.15, -0.1) is 0 Å². The molecule has 3 heteroatoms. The number of aliphatic hydroxyl groups is 1. The summed E-state index contributed by atoms with van der Waals surface area (Å²) >= 11 is 6.00. The molecule has 0 aliphatic heterocycles. The zero-order valence-corrected chi connectivity index (χ0v) is 10.1. The van der Waals surface area contributed by atoms with Gasteiger partial charge in [0.05, 0.1) is 0 Å². The van der Waals surface area contributed by atoms with Crippen LogP contribution in [0, 0.1) is 5.41 Å². The van der Waals surface area contributed by atoms with Crippen molar-refractivity contribution in [3.8, 4) is 0 Å². The molecule has 1 fully saturated rings. The van der Waals surface area contributed by atoms with Gasteiger partial charge in [0.15, 0.2) is 0 Å². The Morgan fingerprint density at radius 3 is 2.62 bits per heavy atom. The predicted molar refractivity (Wildman–Crippen MR) is 66.6 cm³/mol. The summed E-state index contributed by atoms with van der Waals surface area (Å²) in [6, 6.07) is 7.84. The Morgan fingerprint density at radius 2 is 2.19 bits per heavy atom. The number of hydrogen-bond acceptors (Lipinski definition) is 2. The first-order chi connectivity index (χ1) is 7.72. The maximum absolute atomic E-state index is 9.58. The van der Waals surface area contributed by atoms with E-state index in [1.807, 2.05) is 18.2 Å². The van der Waals surface area contributed by atoms with Crippen molar-refractivity contribution in [2.75, 3.05) is 13.2 Å². The summed E-state index contributed by atoms with van der Waals surface area (Å²) in [5, 5.41) is 10.3. The quantitative estimate of drug-likeness (QED) is 0.848. The standard InChI is InChI=1S/C13H18ClNO/c14-11-4-1-3-10(7-11)12(8-15)13(9-16)5-2-6-13/h1,3-4,7,12,16H,2,5-6,8-9,15H2/t12-/m1/s1. The maximum Gasteiger partial charge on any atom is 0.0493 e. The van der Waals surface area contributed by atoms with Crippen LogP contribution in [-0.4, -0.2) is 18.3 Å². The zero-order valence-electron chi connectivity index (χ0n) is 9.32. The lowest BCUT2D eigenvalue weighted by Gasteiger charge is -2.46. The minimum absolute atomic E-state index is 0.000563. The number of halogens is 1. The van der Waals surface area contributed by atoms with E-state index in [0.717, 1.165) is 23.4 Å². The van der Waals surface area contributed by atoms with Gasteiger partial charge in [0.25, 0.3) is 0 Å². The topological polar surface area (TPSA) is 46.2 Å². The normalized spacial score (nSPS) is 20.2. The molecule has 1 aromatic rings. The van der Waals surface area contributed by atoms with Gasteiger partial charge in [-0.25, -0.2) is 0 Å². The zero-order chi connectivity index (χ0) is 11.6. The number of hydrogen-bond donors (Lipinski definition) is 2. The Labute approximate surface area is 101 Å². The highest BCUT2D eigenvalue weighted by Gasteiger charge is 2.43. The van der Waals surface area contributed by atoms with Crippen LogP contribution in [0.15, 0.2) is 24.3 Å². The van der Waals surface area contributed by atoms with Gasteiger partial charge in [-0.2, -0.15) is 0 Å². The Hall–Kier alpha value is -0.570. The summed E-state index contributed by atoms with van der Waals surface area (Å²) in [7, 11) is 0. The molecule has 0 saturated heterocycles. The highest BCUT2D eigenvalue weighted by atomic mass is 35.5. The van der Waals surface area contributed by atoms with Crippen LogP contribution in [0.4, 0.5) is 0 Å². The number of nitrogens with two attached hydrogens (primary N) is 1. The lowest BCUT2D eigenvalue weighted by molar-refractivity contribution is 0.0192. The SMILES string of the molecule is NC[C@H](c1cccc(Cl)c1)C1(CO)CCC1. The maximum atomic E-state index is 9.58. The van der Waals surface area contributed by atoms with E-state index in [1.165, 1.54) is 6.42 Å². The fourth-order valence-corrected chi connectivity index (χ4v) is 2.91. The van der Waals surface area contributed by atoms with Crippen molar-refractivity contribution >= 4 is 11.6 Å². The molecule has 16 heavy (non-hydrogen) atoms. The summed E-state index contributed by atoms with van der Waals surface area (Å²) in [4.78, 5) is 0. The van der Waals surface area contributed by atoms with E-state index < -0.39 is 0 Å². The molecule has 0 aromatic heterocycles. The van der Waals surface area contributed by atoms with Gasteiger partial charge in [0, 0.05) is 23.0 Å². The van der Waals surface area contributed by atoms with Crippen LogP contribution in [0.25, 0.3) is 0 Å². The van der Waals surface area contributed by atoms with Crippen LogP contribution in [-0.2, 0) is 0 Å². The Kier molecular flexibility index (Phi) is 3.53. The van der Waals surface area contributed by atoms with Gasteiger partial charge < -0.3 is 10.8 Å². The highest BCUT2D eigenvalue weighted by molar-refractivity contribution is 6.30. The van der Waals surface area contributed by atoms with Crippen molar-refractivity contribution in [3.63, 3.8) is 0 Å². The average molecular weight is 240 g/mol. The van der Waals surface area contributed by atoms with Gasteiger partial charge in [-0.3, -0.25) is 0 Å². The summed E-state index contributed by atoms with van der Waals surface area (Å²) in [5.41, 5.74) is 7.03. The molecule has 0 radical (unpaired) electrons. The minimum atomic E-state index is -0.000563. The Balaban J connectivity index is 2.28. The average Bonchev–Trinajstić information content (AvgIpc) is 2.23. The van der Waals surface area contributed by atoms with Crippen LogP contribution in [0.1, 0.15) is 30.7 Å². The van der Waals surface area contributed by atoms with Crippen molar-refractivity contribution in [1.82, 2.24) is 0 Å². The first-order valence-electron chi connectivity index (χ1n) is 5.78. The molecule has 1 saturated carbocycles. The largest absolute Gasteiger partial charge is 0.396 e. The van der Waals surface area contributed by atoms with Gasteiger partial charge in [0.1, 0.15) is 0 Å². The molecule has 1 aliphatic carbocycles. The van der Waals surface area contributed by atoms with Gasteiger partial charge in [-0.1, -0.05) is 30.2 Å². The van der Waals surface area contributed by atoms with Crippen LogP contribution in [0.3, 0.4) is 0 Å². The number of rotatable bonds is 4. The van der Waals surface area contributed by atoms with E-state index in [0.29, 0.717) is 6.54 Å². The predicted octanol–water partition coefficient (Wildman–Crippen LogP) is 2.54. The summed E-state index contributed by atoms with van der Waals surface area (Å²) in [5.74, 6) is 0.227. The van der Waals surface area contributed by atoms with Crippen LogP contribution in [0.2, 0.25) is 5.02 Å². The molecular weight excluding hydrogens is 222 g/mol. The molecule has 88 valence electrons. The molecule has 1 aromatic carbocycles. The van der Waals surface area contributed by atoms with E-state index in [9.17, 15) is 5.11 Å².